The molecule has 2 aliphatic heterocycles. The molecule has 0 saturated carbocycles. The van der Waals surface area contributed by atoms with Crippen molar-refractivity contribution in [1.29, 1.82) is 0 Å². The van der Waals surface area contributed by atoms with E-state index in [1.54, 1.807) is 7.11 Å². The van der Waals surface area contributed by atoms with Gasteiger partial charge in [0.25, 0.3) is 0 Å². The van der Waals surface area contributed by atoms with Crippen LogP contribution in [0.15, 0.2) is 24.3 Å². The molecule has 3 rings (SSSR count). The number of methoxy groups -OCH3 is 1. The Morgan fingerprint density at radius 1 is 1.35 bits per heavy atom. The van der Waals surface area contributed by atoms with Crippen LogP contribution in [0.5, 0.6) is 5.75 Å². The van der Waals surface area contributed by atoms with Crippen molar-refractivity contribution in [3.05, 3.63) is 29.8 Å². The van der Waals surface area contributed by atoms with Gasteiger partial charge in [-0.1, -0.05) is 12.1 Å². The summed E-state index contributed by atoms with van der Waals surface area (Å²) >= 11 is 0. The first-order valence-electron chi connectivity index (χ1n) is 8.44. The number of hydrogen-bond acceptors (Lipinski definition) is 4. The number of hydrogen-bond donors (Lipinski definition) is 2. The Balaban J connectivity index is 1.71. The van der Waals surface area contributed by atoms with Gasteiger partial charge < -0.3 is 20.1 Å². The molecule has 0 spiro atoms. The molecule has 0 radical (unpaired) electrons. The maximum atomic E-state index is 12.4. The topological polar surface area (TPSA) is 59.6 Å². The maximum Gasteiger partial charge on any atom is 0.224 e. The lowest BCUT2D eigenvalue weighted by atomic mass is 9.74. The SMILES string of the molecule is COc1ccc(C2(CNC(=O)C3CCNC3)CCOCC2)cc1. The summed E-state index contributed by atoms with van der Waals surface area (Å²) in [6, 6.07) is 8.23. The van der Waals surface area contributed by atoms with Crippen molar-refractivity contribution in [1.82, 2.24) is 10.6 Å². The second-order valence-electron chi connectivity index (χ2n) is 6.53. The minimum absolute atomic E-state index is 0.0355. The second kappa shape index (κ2) is 7.32. The summed E-state index contributed by atoms with van der Waals surface area (Å²) in [7, 11) is 1.68. The Labute approximate surface area is 137 Å². The van der Waals surface area contributed by atoms with Gasteiger partial charge in [0, 0.05) is 31.7 Å². The Bertz CT molecular complexity index is 518. The van der Waals surface area contributed by atoms with E-state index in [-0.39, 0.29) is 17.2 Å². The van der Waals surface area contributed by atoms with Crippen LogP contribution in [-0.2, 0) is 14.9 Å². The number of benzene rings is 1. The largest absolute Gasteiger partial charge is 0.497 e. The number of ether oxygens (including phenoxy) is 2. The molecule has 2 aliphatic rings. The van der Waals surface area contributed by atoms with E-state index in [1.807, 2.05) is 12.1 Å². The number of amides is 1. The number of nitrogens with one attached hydrogen (secondary N) is 2. The molecule has 1 amide bonds. The first-order valence-corrected chi connectivity index (χ1v) is 8.44. The van der Waals surface area contributed by atoms with Crippen LogP contribution in [-0.4, -0.2) is 45.9 Å². The van der Waals surface area contributed by atoms with E-state index in [0.717, 1.165) is 51.3 Å². The molecule has 0 aliphatic carbocycles. The van der Waals surface area contributed by atoms with Crippen molar-refractivity contribution in [2.45, 2.75) is 24.7 Å². The number of carbonyl (C=O) groups is 1. The van der Waals surface area contributed by atoms with Gasteiger partial charge in [-0.25, -0.2) is 0 Å². The highest BCUT2D eigenvalue weighted by atomic mass is 16.5. The van der Waals surface area contributed by atoms with Crippen molar-refractivity contribution in [3.8, 4) is 5.75 Å². The van der Waals surface area contributed by atoms with Gasteiger partial charge in [0.2, 0.25) is 5.91 Å². The van der Waals surface area contributed by atoms with E-state index >= 15 is 0 Å². The van der Waals surface area contributed by atoms with Crippen LogP contribution < -0.4 is 15.4 Å². The van der Waals surface area contributed by atoms with Crippen LogP contribution in [0.2, 0.25) is 0 Å². The molecule has 2 N–H and O–H groups in total. The van der Waals surface area contributed by atoms with E-state index in [4.69, 9.17) is 9.47 Å². The molecule has 2 saturated heterocycles. The lowest BCUT2D eigenvalue weighted by Gasteiger charge is -2.38. The fourth-order valence-corrected chi connectivity index (χ4v) is 3.55. The van der Waals surface area contributed by atoms with Crippen LogP contribution in [0.1, 0.15) is 24.8 Å². The lowest BCUT2D eigenvalue weighted by molar-refractivity contribution is -0.124. The van der Waals surface area contributed by atoms with Crippen LogP contribution in [0.25, 0.3) is 0 Å². The second-order valence-corrected chi connectivity index (χ2v) is 6.53. The monoisotopic (exact) mass is 318 g/mol. The smallest absolute Gasteiger partial charge is 0.224 e. The molecule has 1 aromatic carbocycles. The summed E-state index contributed by atoms with van der Waals surface area (Å²) in [5.41, 5.74) is 1.22. The van der Waals surface area contributed by atoms with Gasteiger partial charge in [-0.15, -0.1) is 0 Å². The first-order chi connectivity index (χ1) is 11.2. The van der Waals surface area contributed by atoms with Crippen LogP contribution >= 0.6 is 0 Å². The molecule has 1 unspecified atom stereocenters. The zero-order valence-electron chi connectivity index (χ0n) is 13.8. The molecule has 0 aromatic heterocycles. The summed E-state index contributed by atoms with van der Waals surface area (Å²) in [5, 5.41) is 6.45. The molecule has 23 heavy (non-hydrogen) atoms. The van der Waals surface area contributed by atoms with Crippen molar-refractivity contribution in [2.75, 3.05) is 40.0 Å². The molecular weight excluding hydrogens is 292 g/mol. The fraction of sp³-hybridized carbons (Fsp3) is 0.611. The standard InChI is InChI=1S/C18H26N2O3/c1-22-16-4-2-15(3-5-16)18(7-10-23-11-8-18)13-20-17(21)14-6-9-19-12-14/h2-5,14,19H,6-13H2,1H3,(H,20,21). The summed E-state index contributed by atoms with van der Waals surface area (Å²) in [6.45, 7) is 3.90. The lowest BCUT2D eigenvalue weighted by Crippen LogP contribution is -2.46. The third kappa shape index (κ3) is 3.67. The molecule has 1 atom stereocenters. The summed E-state index contributed by atoms with van der Waals surface area (Å²) in [5.74, 6) is 1.15. The highest BCUT2D eigenvalue weighted by molar-refractivity contribution is 5.79. The number of carbonyl (C=O) groups excluding carboxylic acids is 1. The number of rotatable bonds is 5. The van der Waals surface area contributed by atoms with Crippen molar-refractivity contribution in [3.63, 3.8) is 0 Å². The Hall–Kier alpha value is -1.59. The fourth-order valence-electron chi connectivity index (χ4n) is 3.55. The molecule has 1 aromatic rings. The molecule has 2 heterocycles. The zero-order valence-corrected chi connectivity index (χ0v) is 13.8. The van der Waals surface area contributed by atoms with E-state index in [2.05, 4.69) is 22.8 Å². The minimum atomic E-state index is -0.0355. The van der Waals surface area contributed by atoms with Crippen molar-refractivity contribution in [2.24, 2.45) is 5.92 Å². The summed E-state index contributed by atoms with van der Waals surface area (Å²) in [6.07, 6.45) is 2.80. The summed E-state index contributed by atoms with van der Waals surface area (Å²) in [4.78, 5) is 12.4. The van der Waals surface area contributed by atoms with E-state index < -0.39 is 0 Å². The van der Waals surface area contributed by atoms with Gasteiger partial charge >= 0.3 is 0 Å². The summed E-state index contributed by atoms with van der Waals surface area (Å²) < 4.78 is 10.8. The highest BCUT2D eigenvalue weighted by Crippen LogP contribution is 2.35. The van der Waals surface area contributed by atoms with Crippen LogP contribution in [0.4, 0.5) is 0 Å². The highest BCUT2D eigenvalue weighted by Gasteiger charge is 2.35. The normalized spacial score (nSPS) is 23.4. The maximum absolute atomic E-state index is 12.4. The van der Waals surface area contributed by atoms with Gasteiger partial charge in [0.05, 0.1) is 13.0 Å². The van der Waals surface area contributed by atoms with Crippen LogP contribution in [0, 0.1) is 5.92 Å². The van der Waals surface area contributed by atoms with Crippen molar-refractivity contribution < 1.29 is 14.3 Å². The Kier molecular flexibility index (Phi) is 5.18. The first kappa shape index (κ1) is 16.3. The molecule has 5 heteroatoms. The van der Waals surface area contributed by atoms with Crippen molar-refractivity contribution >= 4 is 5.91 Å². The average Bonchev–Trinajstić information content (AvgIpc) is 3.15. The van der Waals surface area contributed by atoms with Gasteiger partial charge in [-0.2, -0.15) is 0 Å². The van der Waals surface area contributed by atoms with Crippen LogP contribution in [0.3, 0.4) is 0 Å². The third-order valence-electron chi connectivity index (χ3n) is 5.18. The average molecular weight is 318 g/mol. The van der Waals surface area contributed by atoms with E-state index in [0.29, 0.717) is 6.54 Å². The van der Waals surface area contributed by atoms with Gasteiger partial charge in [0.15, 0.2) is 0 Å². The minimum Gasteiger partial charge on any atom is -0.497 e. The molecule has 0 bridgehead atoms. The molecule has 5 nitrogen and oxygen atoms in total. The van der Waals surface area contributed by atoms with E-state index in [1.165, 1.54) is 5.56 Å². The Morgan fingerprint density at radius 3 is 2.70 bits per heavy atom. The van der Waals surface area contributed by atoms with Gasteiger partial charge in [-0.3, -0.25) is 4.79 Å². The zero-order chi connectivity index (χ0) is 16.1. The third-order valence-corrected chi connectivity index (χ3v) is 5.18. The van der Waals surface area contributed by atoms with E-state index in [9.17, 15) is 4.79 Å². The molecule has 2 fully saturated rings. The predicted molar refractivity (Wildman–Crippen MR) is 88.7 cm³/mol. The molecule has 126 valence electrons. The van der Waals surface area contributed by atoms with Gasteiger partial charge in [-0.05, 0) is 43.5 Å². The predicted octanol–water partition coefficient (Wildman–Crippen LogP) is 1.47. The molecular formula is C18H26N2O3. The Morgan fingerprint density at radius 2 is 2.09 bits per heavy atom. The van der Waals surface area contributed by atoms with Gasteiger partial charge in [0.1, 0.15) is 5.75 Å². The quantitative estimate of drug-likeness (QED) is 0.863.